The number of unbranched alkanes of at least 4 members (excludes halogenated alkanes) is 2. The molecule has 0 spiro atoms. The van der Waals surface area contributed by atoms with E-state index in [1.54, 1.807) is 19.2 Å². The standard InChI is InChI=1S/C9H14N2O2.C8H16O2/c1-10-7-3-5-9(11-2,6-4-7)8(12)13;1-3-5-6-7-8(9)10-4-2/h3-5,10-11H,6H2,1-2H3,(H,12,13);3-7H2,1-2H3. The van der Waals surface area contributed by atoms with Crippen LogP contribution in [0.1, 0.15) is 46.0 Å². The lowest BCUT2D eigenvalue weighted by Gasteiger charge is -2.27. The van der Waals surface area contributed by atoms with Crippen LogP contribution in [0.4, 0.5) is 0 Å². The molecule has 1 unspecified atom stereocenters. The lowest BCUT2D eigenvalue weighted by molar-refractivity contribution is -0.143. The maximum atomic E-state index is 10.9. The van der Waals surface area contributed by atoms with E-state index in [0.717, 1.165) is 25.0 Å². The third-order valence-electron chi connectivity index (χ3n) is 3.60. The van der Waals surface area contributed by atoms with Crippen LogP contribution in [0, 0.1) is 0 Å². The zero-order chi connectivity index (χ0) is 17.7. The zero-order valence-electron chi connectivity index (χ0n) is 14.6. The fourth-order valence-corrected chi connectivity index (χ4v) is 2.03. The molecule has 132 valence electrons. The highest BCUT2D eigenvalue weighted by Crippen LogP contribution is 2.19. The first-order valence-corrected chi connectivity index (χ1v) is 8.10. The van der Waals surface area contributed by atoms with Gasteiger partial charge in [-0.2, -0.15) is 0 Å². The monoisotopic (exact) mass is 326 g/mol. The van der Waals surface area contributed by atoms with Gasteiger partial charge in [0.25, 0.3) is 0 Å². The average molecular weight is 326 g/mol. The third kappa shape index (κ3) is 7.83. The van der Waals surface area contributed by atoms with Crippen molar-refractivity contribution < 1.29 is 19.4 Å². The van der Waals surface area contributed by atoms with Crippen LogP contribution in [0.15, 0.2) is 23.9 Å². The van der Waals surface area contributed by atoms with Crippen LogP contribution in [-0.4, -0.2) is 43.3 Å². The van der Waals surface area contributed by atoms with Gasteiger partial charge in [0.05, 0.1) is 6.61 Å². The maximum absolute atomic E-state index is 10.9. The van der Waals surface area contributed by atoms with Crippen molar-refractivity contribution in [3.63, 3.8) is 0 Å². The van der Waals surface area contributed by atoms with Gasteiger partial charge >= 0.3 is 11.9 Å². The minimum atomic E-state index is -0.930. The van der Waals surface area contributed by atoms with Gasteiger partial charge in [0.1, 0.15) is 5.54 Å². The normalized spacial score (nSPS) is 19.2. The molecule has 0 amide bonds. The van der Waals surface area contributed by atoms with Crippen LogP contribution < -0.4 is 10.6 Å². The van der Waals surface area contributed by atoms with E-state index in [4.69, 9.17) is 9.84 Å². The molecule has 3 N–H and O–H groups in total. The molecule has 6 nitrogen and oxygen atoms in total. The van der Waals surface area contributed by atoms with E-state index in [2.05, 4.69) is 17.6 Å². The van der Waals surface area contributed by atoms with Gasteiger partial charge in [-0.3, -0.25) is 4.79 Å². The molecule has 0 aromatic rings. The Morgan fingerprint density at radius 3 is 2.39 bits per heavy atom. The summed E-state index contributed by atoms with van der Waals surface area (Å²) in [7, 11) is 3.46. The summed E-state index contributed by atoms with van der Waals surface area (Å²) in [5.41, 5.74) is 0.0208. The average Bonchev–Trinajstić information content (AvgIpc) is 2.56. The summed E-state index contributed by atoms with van der Waals surface area (Å²) in [5, 5.41) is 14.7. The summed E-state index contributed by atoms with van der Waals surface area (Å²) in [6.07, 6.45) is 9.60. The van der Waals surface area contributed by atoms with Gasteiger partial charge in [-0.15, -0.1) is 0 Å². The molecule has 0 fully saturated rings. The van der Waals surface area contributed by atoms with E-state index in [0.29, 0.717) is 19.4 Å². The predicted molar refractivity (Wildman–Crippen MR) is 91.1 cm³/mol. The van der Waals surface area contributed by atoms with Gasteiger partial charge in [0, 0.05) is 25.6 Å². The van der Waals surface area contributed by atoms with Crippen LogP contribution in [0.5, 0.6) is 0 Å². The van der Waals surface area contributed by atoms with Gasteiger partial charge < -0.3 is 20.5 Å². The first kappa shape index (κ1) is 21.2. The summed E-state index contributed by atoms with van der Waals surface area (Å²) in [5.74, 6) is -0.909. The summed E-state index contributed by atoms with van der Waals surface area (Å²) in [6.45, 7) is 4.45. The second kappa shape index (κ2) is 11.7. The van der Waals surface area contributed by atoms with Crippen LogP contribution in [0.3, 0.4) is 0 Å². The van der Waals surface area contributed by atoms with Crippen molar-refractivity contribution in [2.45, 2.75) is 51.5 Å². The number of hydrogen-bond donors (Lipinski definition) is 3. The highest BCUT2D eigenvalue weighted by molar-refractivity contribution is 5.82. The molecule has 1 rings (SSSR count). The molecule has 1 atom stereocenters. The quantitative estimate of drug-likeness (QED) is 0.468. The van der Waals surface area contributed by atoms with Crippen molar-refractivity contribution in [1.29, 1.82) is 0 Å². The molecule has 0 aromatic carbocycles. The van der Waals surface area contributed by atoms with Crippen molar-refractivity contribution in [2.75, 3.05) is 20.7 Å². The number of hydrogen-bond acceptors (Lipinski definition) is 5. The molecular weight excluding hydrogens is 296 g/mol. The maximum Gasteiger partial charge on any atom is 0.328 e. The lowest BCUT2D eigenvalue weighted by atomic mass is 9.90. The third-order valence-corrected chi connectivity index (χ3v) is 3.60. The van der Waals surface area contributed by atoms with Crippen molar-refractivity contribution >= 4 is 11.9 Å². The fraction of sp³-hybridized carbons (Fsp3) is 0.647. The Bertz CT molecular complexity index is 432. The number of nitrogens with one attached hydrogen (secondary N) is 2. The van der Waals surface area contributed by atoms with Crippen molar-refractivity contribution in [1.82, 2.24) is 10.6 Å². The highest BCUT2D eigenvalue weighted by atomic mass is 16.5. The highest BCUT2D eigenvalue weighted by Gasteiger charge is 2.34. The molecule has 6 heteroatoms. The van der Waals surface area contributed by atoms with Gasteiger partial charge in [-0.1, -0.05) is 31.9 Å². The SMILES string of the molecule is CCCCCC(=O)OCC.CNC1=CCC(NC)(C(=O)O)C=C1. The smallest absolute Gasteiger partial charge is 0.328 e. The zero-order valence-corrected chi connectivity index (χ0v) is 14.6. The molecule has 0 aliphatic heterocycles. The Kier molecular flexibility index (Phi) is 10.8. The van der Waals surface area contributed by atoms with Gasteiger partial charge in [-0.25, -0.2) is 4.79 Å². The number of carboxylic acid groups (broad SMARTS) is 1. The Morgan fingerprint density at radius 2 is 2.00 bits per heavy atom. The first-order valence-electron chi connectivity index (χ1n) is 8.10. The lowest BCUT2D eigenvalue weighted by Crippen LogP contribution is -2.49. The number of carbonyl (C=O) groups is 2. The Hall–Kier alpha value is -1.82. The summed E-state index contributed by atoms with van der Waals surface area (Å²) in [6, 6.07) is 0. The van der Waals surface area contributed by atoms with E-state index in [1.165, 1.54) is 0 Å². The van der Waals surface area contributed by atoms with Crippen LogP contribution in [0.2, 0.25) is 0 Å². The summed E-state index contributed by atoms with van der Waals surface area (Å²) >= 11 is 0. The number of esters is 1. The molecule has 23 heavy (non-hydrogen) atoms. The molecule has 0 radical (unpaired) electrons. The number of rotatable bonds is 8. The Balaban J connectivity index is 0.000000438. The number of carbonyl (C=O) groups excluding carboxylic acids is 1. The van der Waals surface area contributed by atoms with E-state index in [-0.39, 0.29) is 5.97 Å². The number of likely N-dealkylation sites (N-methyl/N-ethyl adjacent to an activating group) is 2. The summed E-state index contributed by atoms with van der Waals surface area (Å²) in [4.78, 5) is 21.6. The van der Waals surface area contributed by atoms with E-state index in [9.17, 15) is 9.59 Å². The summed E-state index contributed by atoms with van der Waals surface area (Å²) < 4.78 is 4.75. The molecule has 1 aliphatic rings. The number of aliphatic carboxylic acids is 1. The Morgan fingerprint density at radius 1 is 1.30 bits per heavy atom. The van der Waals surface area contributed by atoms with Gasteiger partial charge in [0.15, 0.2) is 0 Å². The molecular formula is C17H30N2O4. The first-order chi connectivity index (χ1) is 11.0. The minimum absolute atomic E-state index is 0.0593. The van der Waals surface area contributed by atoms with Crippen LogP contribution in [0.25, 0.3) is 0 Å². The molecule has 0 saturated heterocycles. The molecule has 1 aliphatic carbocycles. The van der Waals surface area contributed by atoms with Crippen molar-refractivity contribution in [2.24, 2.45) is 0 Å². The van der Waals surface area contributed by atoms with Crippen molar-refractivity contribution in [3.8, 4) is 0 Å². The number of allylic oxidation sites excluding steroid dienone is 1. The van der Waals surface area contributed by atoms with Crippen LogP contribution in [-0.2, 0) is 14.3 Å². The van der Waals surface area contributed by atoms with Crippen LogP contribution >= 0.6 is 0 Å². The molecule has 0 bridgehead atoms. The molecule has 0 aromatic heterocycles. The number of ether oxygens (including phenoxy) is 1. The second-order valence-corrected chi connectivity index (χ2v) is 5.24. The predicted octanol–water partition coefficient (Wildman–Crippen LogP) is 2.22. The van der Waals surface area contributed by atoms with Gasteiger partial charge in [-0.05, 0) is 26.5 Å². The Labute approximate surface area is 139 Å². The second-order valence-electron chi connectivity index (χ2n) is 5.24. The molecule has 0 saturated carbocycles. The van der Waals surface area contributed by atoms with Crippen molar-refractivity contribution in [3.05, 3.63) is 23.9 Å². The largest absolute Gasteiger partial charge is 0.480 e. The van der Waals surface area contributed by atoms with Gasteiger partial charge in [0.2, 0.25) is 0 Å². The fourth-order valence-electron chi connectivity index (χ4n) is 2.03. The number of carboxylic acids is 1. The molecule has 0 heterocycles. The van der Waals surface area contributed by atoms with E-state index in [1.807, 2.05) is 20.0 Å². The minimum Gasteiger partial charge on any atom is -0.480 e. The van der Waals surface area contributed by atoms with E-state index < -0.39 is 11.5 Å². The van der Waals surface area contributed by atoms with E-state index >= 15 is 0 Å². The topological polar surface area (TPSA) is 87.7 Å².